The molecule has 1 N–H and O–H groups in total. The lowest BCUT2D eigenvalue weighted by Crippen LogP contribution is -2.02. The molecule has 1 aliphatic carbocycles. The molecule has 2 unspecified atom stereocenters. The first-order valence-corrected chi connectivity index (χ1v) is 5.58. The molecule has 0 spiro atoms. The molecule has 0 saturated heterocycles. The van der Waals surface area contributed by atoms with Gasteiger partial charge in [-0.15, -0.1) is 0 Å². The average Bonchev–Trinajstić information content (AvgIpc) is 2.96. The number of aliphatic hydroxyl groups is 1. The van der Waals surface area contributed by atoms with E-state index >= 15 is 0 Å². The molecule has 1 aromatic carbocycles. The van der Waals surface area contributed by atoms with Crippen LogP contribution < -0.4 is 4.74 Å². The third kappa shape index (κ3) is 2.49. The summed E-state index contributed by atoms with van der Waals surface area (Å²) in [5.41, 5.74) is 0. The Morgan fingerprint density at radius 3 is 2.57 bits per heavy atom. The number of benzene rings is 1. The molecule has 0 aliphatic heterocycles. The minimum Gasteiger partial charge on any atom is -0.493 e. The van der Waals surface area contributed by atoms with Crippen LogP contribution in [0.1, 0.15) is 6.42 Å². The topological polar surface area (TPSA) is 29.5 Å². The van der Waals surface area contributed by atoms with Crippen LogP contribution in [-0.4, -0.2) is 18.3 Å². The minimum atomic E-state index is 0.300. The Hall–Kier alpha value is -0.540. The second-order valence-electron chi connectivity index (χ2n) is 3.70. The fourth-order valence-corrected chi connectivity index (χ4v) is 1.74. The fourth-order valence-electron chi connectivity index (χ4n) is 1.47. The summed E-state index contributed by atoms with van der Waals surface area (Å²) in [7, 11) is 0. The van der Waals surface area contributed by atoms with E-state index in [9.17, 15) is 0 Å². The van der Waals surface area contributed by atoms with Gasteiger partial charge in [0.15, 0.2) is 0 Å². The quantitative estimate of drug-likeness (QED) is 0.897. The molecule has 2 rings (SSSR count). The van der Waals surface area contributed by atoms with Gasteiger partial charge in [0.05, 0.1) is 6.61 Å². The van der Waals surface area contributed by atoms with Crippen molar-refractivity contribution >= 4 is 15.9 Å². The third-order valence-electron chi connectivity index (χ3n) is 2.58. The van der Waals surface area contributed by atoms with Crippen LogP contribution >= 0.6 is 15.9 Å². The van der Waals surface area contributed by atoms with Gasteiger partial charge in [0, 0.05) is 11.1 Å². The Balaban J connectivity index is 1.78. The maximum atomic E-state index is 8.85. The summed E-state index contributed by atoms with van der Waals surface area (Å²) in [4.78, 5) is 0. The Morgan fingerprint density at radius 1 is 1.29 bits per heavy atom. The van der Waals surface area contributed by atoms with Gasteiger partial charge >= 0.3 is 0 Å². The van der Waals surface area contributed by atoms with Crippen LogP contribution in [0.5, 0.6) is 5.75 Å². The molecule has 0 aromatic heterocycles. The Kier molecular flexibility index (Phi) is 3.08. The van der Waals surface area contributed by atoms with E-state index in [1.165, 1.54) is 0 Å². The largest absolute Gasteiger partial charge is 0.493 e. The van der Waals surface area contributed by atoms with Crippen LogP contribution in [0.3, 0.4) is 0 Å². The van der Waals surface area contributed by atoms with Gasteiger partial charge in [-0.25, -0.2) is 0 Å². The van der Waals surface area contributed by atoms with Crippen LogP contribution in [0, 0.1) is 11.8 Å². The second-order valence-corrected chi connectivity index (χ2v) is 4.62. The number of hydrogen-bond acceptors (Lipinski definition) is 2. The Labute approximate surface area is 92.0 Å². The summed E-state index contributed by atoms with van der Waals surface area (Å²) >= 11 is 3.37. The van der Waals surface area contributed by atoms with Gasteiger partial charge in [0.1, 0.15) is 5.75 Å². The molecule has 2 nitrogen and oxygen atoms in total. The molecular weight excluding hydrogens is 244 g/mol. The van der Waals surface area contributed by atoms with E-state index in [0.29, 0.717) is 18.4 Å². The van der Waals surface area contributed by atoms with E-state index in [4.69, 9.17) is 9.84 Å². The summed E-state index contributed by atoms with van der Waals surface area (Å²) in [5.74, 6) is 1.94. The first-order valence-electron chi connectivity index (χ1n) is 4.79. The summed E-state index contributed by atoms with van der Waals surface area (Å²) in [6, 6.07) is 7.82. The highest BCUT2D eigenvalue weighted by molar-refractivity contribution is 9.10. The number of hydrogen-bond donors (Lipinski definition) is 1. The predicted molar refractivity (Wildman–Crippen MR) is 58.3 cm³/mol. The zero-order chi connectivity index (χ0) is 9.97. The van der Waals surface area contributed by atoms with Gasteiger partial charge in [-0.3, -0.25) is 0 Å². The highest BCUT2D eigenvalue weighted by Crippen LogP contribution is 2.38. The van der Waals surface area contributed by atoms with Gasteiger partial charge in [-0.2, -0.15) is 0 Å². The highest BCUT2D eigenvalue weighted by Gasteiger charge is 2.36. The van der Waals surface area contributed by atoms with Gasteiger partial charge in [0.2, 0.25) is 0 Å². The fraction of sp³-hybridized carbons (Fsp3) is 0.455. The van der Waals surface area contributed by atoms with Crippen molar-refractivity contribution in [3.05, 3.63) is 28.7 Å². The molecule has 0 amide bonds. The molecule has 1 fully saturated rings. The molecule has 2 atom stereocenters. The smallest absolute Gasteiger partial charge is 0.119 e. The second kappa shape index (κ2) is 4.32. The summed E-state index contributed by atoms with van der Waals surface area (Å²) in [6.07, 6.45) is 1.10. The molecule has 0 radical (unpaired) electrons. The van der Waals surface area contributed by atoms with E-state index in [2.05, 4.69) is 15.9 Å². The molecular formula is C11H13BrO2. The molecule has 0 heterocycles. The predicted octanol–water partition coefficient (Wildman–Crippen LogP) is 2.46. The Bertz CT molecular complexity index is 297. The van der Waals surface area contributed by atoms with E-state index in [0.717, 1.165) is 23.2 Å². The van der Waals surface area contributed by atoms with Crippen molar-refractivity contribution < 1.29 is 9.84 Å². The SMILES string of the molecule is OCC1CC1COc1ccc(Br)cc1. The third-order valence-corrected chi connectivity index (χ3v) is 3.11. The van der Waals surface area contributed by atoms with E-state index < -0.39 is 0 Å². The van der Waals surface area contributed by atoms with Crippen LogP contribution in [0.4, 0.5) is 0 Å². The van der Waals surface area contributed by atoms with Crippen molar-refractivity contribution in [1.82, 2.24) is 0 Å². The van der Waals surface area contributed by atoms with E-state index in [-0.39, 0.29) is 0 Å². The number of rotatable bonds is 4. The first-order chi connectivity index (χ1) is 6.79. The van der Waals surface area contributed by atoms with Gasteiger partial charge in [-0.05, 0) is 42.5 Å². The van der Waals surface area contributed by atoms with Gasteiger partial charge < -0.3 is 9.84 Å². The number of ether oxygens (including phenoxy) is 1. The molecule has 76 valence electrons. The van der Waals surface area contributed by atoms with Crippen molar-refractivity contribution in [2.75, 3.05) is 13.2 Å². The van der Waals surface area contributed by atoms with Crippen molar-refractivity contribution in [2.24, 2.45) is 11.8 Å². The standard InChI is InChI=1S/C11H13BrO2/c12-10-1-3-11(4-2-10)14-7-9-5-8(9)6-13/h1-4,8-9,13H,5-7H2. The number of aliphatic hydroxyl groups excluding tert-OH is 1. The van der Waals surface area contributed by atoms with Crippen molar-refractivity contribution in [3.8, 4) is 5.75 Å². The lowest BCUT2D eigenvalue weighted by Gasteiger charge is -2.04. The van der Waals surface area contributed by atoms with Crippen molar-refractivity contribution in [2.45, 2.75) is 6.42 Å². The lowest BCUT2D eigenvalue weighted by molar-refractivity contribution is 0.243. The maximum Gasteiger partial charge on any atom is 0.119 e. The zero-order valence-electron chi connectivity index (χ0n) is 7.82. The lowest BCUT2D eigenvalue weighted by atomic mass is 10.3. The van der Waals surface area contributed by atoms with E-state index in [1.54, 1.807) is 0 Å². The van der Waals surface area contributed by atoms with Crippen molar-refractivity contribution in [3.63, 3.8) is 0 Å². The summed E-state index contributed by atoms with van der Waals surface area (Å²) in [6.45, 7) is 1.03. The molecule has 14 heavy (non-hydrogen) atoms. The van der Waals surface area contributed by atoms with E-state index in [1.807, 2.05) is 24.3 Å². The Morgan fingerprint density at radius 2 is 2.00 bits per heavy atom. The maximum absolute atomic E-state index is 8.85. The molecule has 3 heteroatoms. The minimum absolute atomic E-state index is 0.300. The van der Waals surface area contributed by atoms with Crippen LogP contribution in [0.15, 0.2) is 28.7 Å². The van der Waals surface area contributed by atoms with Crippen LogP contribution in [0.25, 0.3) is 0 Å². The first kappa shape index (κ1) is 9.99. The number of halogens is 1. The molecule has 1 saturated carbocycles. The average molecular weight is 257 g/mol. The van der Waals surface area contributed by atoms with Gasteiger partial charge in [0.25, 0.3) is 0 Å². The van der Waals surface area contributed by atoms with Crippen molar-refractivity contribution in [1.29, 1.82) is 0 Å². The molecule has 1 aromatic rings. The van der Waals surface area contributed by atoms with Crippen LogP contribution in [-0.2, 0) is 0 Å². The zero-order valence-corrected chi connectivity index (χ0v) is 9.40. The summed E-state index contributed by atoms with van der Waals surface area (Å²) in [5, 5.41) is 8.85. The molecule has 1 aliphatic rings. The summed E-state index contributed by atoms with van der Waals surface area (Å²) < 4.78 is 6.64. The van der Waals surface area contributed by atoms with Crippen LogP contribution in [0.2, 0.25) is 0 Å². The normalized spacial score (nSPS) is 24.7. The molecule has 0 bridgehead atoms. The monoisotopic (exact) mass is 256 g/mol. The van der Waals surface area contributed by atoms with Gasteiger partial charge in [-0.1, -0.05) is 15.9 Å². The highest BCUT2D eigenvalue weighted by atomic mass is 79.9.